The van der Waals surface area contributed by atoms with Gasteiger partial charge < -0.3 is 0 Å². The van der Waals surface area contributed by atoms with Crippen molar-refractivity contribution in [1.29, 1.82) is 0 Å². The third-order valence-electron chi connectivity index (χ3n) is 2.23. The number of halogens is 2. The van der Waals surface area contributed by atoms with E-state index in [0.717, 1.165) is 5.69 Å². The highest BCUT2D eigenvalue weighted by Gasteiger charge is 2.08. The number of benzene rings is 1. The minimum absolute atomic E-state index is 0.371. The molecule has 0 aliphatic carbocycles. The SMILES string of the molecule is Cc1cc(Cl)nc(-c2ccccc2CF)n1. The van der Waals surface area contributed by atoms with Crippen molar-refractivity contribution in [2.45, 2.75) is 13.6 Å². The van der Waals surface area contributed by atoms with E-state index >= 15 is 0 Å². The molecule has 0 spiro atoms. The summed E-state index contributed by atoms with van der Waals surface area (Å²) < 4.78 is 12.8. The number of aromatic nitrogens is 2. The number of aryl methyl sites for hydroxylation is 1. The van der Waals surface area contributed by atoms with Crippen LogP contribution in [0.15, 0.2) is 30.3 Å². The molecule has 0 aliphatic rings. The van der Waals surface area contributed by atoms with Gasteiger partial charge >= 0.3 is 0 Å². The maximum Gasteiger partial charge on any atom is 0.161 e. The zero-order chi connectivity index (χ0) is 11.5. The minimum atomic E-state index is -0.537. The molecule has 82 valence electrons. The van der Waals surface area contributed by atoms with Crippen LogP contribution in [0.2, 0.25) is 5.15 Å². The van der Waals surface area contributed by atoms with E-state index in [-0.39, 0.29) is 0 Å². The van der Waals surface area contributed by atoms with Gasteiger partial charge in [0.05, 0.1) is 0 Å². The van der Waals surface area contributed by atoms with E-state index in [1.54, 1.807) is 24.3 Å². The summed E-state index contributed by atoms with van der Waals surface area (Å²) >= 11 is 5.85. The lowest BCUT2D eigenvalue weighted by atomic mass is 10.1. The van der Waals surface area contributed by atoms with Gasteiger partial charge in [0.2, 0.25) is 0 Å². The Labute approximate surface area is 98.1 Å². The van der Waals surface area contributed by atoms with Crippen LogP contribution in [-0.2, 0) is 6.67 Å². The quantitative estimate of drug-likeness (QED) is 0.745. The van der Waals surface area contributed by atoms with Crippen LogP contribution in [0.1, 0.15) is 11.3 Å². The maximum absolute atomic E-state index is 12.8. The molecule has 0 fully saturated rings. The van der Waals surface area contributed by atoms with Crippen molar-refractivity contribution in [3.63, 3.8) is 0 Å². The summed E-state index contributed by atoms with van der Waals surface area (Å²) in [6.45, 7) is 1.29. The maximum atomic E-state index is 12.8. The first-order valence-electron chi connectivity index (χ1n) is 4.86. The van der Waals surface area contributed by atoms with Gasteiger partial charge in [-0.1, -0.05) is 35.9 Å². The Hall–Kier alpha value is -1.48. The van der Waals surface area contributed by atoms with Gasteiger partial charge in [-0.15, -0.1) is 0 Å². The topological polar surface area (TPSA) is 25.8 Å². The smallest absolute Gasteiger partial charge is 0.161 e. The van der Waals surface area contributed by atoms with Gasteiger partial charge in [-0.2, -0.15) is 0 Å². The zero-order valence-corrected chi connectivity index (χ0v) is 9.50. The average Bonchev–Trinajstić information content (AvgIpc) is 2.27. The lowest BCUT2D eigenvalue weighted by Gasteiger charge is -2.06. The summed E-state index contributed by atoms with van der Waals surface area (Å²) in [5, 5.41) is 0.371. The molecule has 0 bridgehead atoms. The molecular formula is C12H10ClFN2. The normalized spacial score (nSPS) is 10.4. The Morgan fingerprint density at radius 3 is 2.69 bits per heavy atom. The van der Waals surface area contributed by atoms with E-state index in [4.69, 9.17) is 11.6 Å². The van der Waals surface area contributed by atoms with Crippen molar-refractivity contribution in [3.05, 3.63) is 46.7 Å². The predicted octanol–water partition coefficient (Wildman–Crippen LogP) is 3.57. The van der Waals surface area contributed by atoms with E-state index < -0.39 is 6.67 Å². The molecule has 1 aromatic carbocycles. The highest BCUT2D eigenvalue weighted by atomic mass is 35.5. The number of rotatable bonds is 2. The first-order chi connectivity index (χ1) is 7.70. The number of alkyl halides is 1. The van der Waals surface area contributed by atoms with Gasteiger partial charge in [-0.05, 0) is 18.6 Å². The van der Waals surface area contributed by atoms with E-state index in [9.17, 15) is 4.39 Å². The molecule has 0 radical (unpaired) electrons. The summed E-state index contributed by atoms with van der Waals surface area (Å²) in [5.74, 6) is 0.471. The van der Waals surface area contributed by atoms with E-state index in [1.807, 2.05) is 13.0 Å². The molecule has 0 amide bonds. The molecule has 0 atom stereocenters. The fourth-order valence-corrected chi connectivity index (χ4v) is 1.74. The molecule has 0 unspecified atom stereocenters. The second kappa shape index (κ2) is 4.58. The van der Waals surface area contributed by atoms with Gasteiger partial charge in [-0.25, -0.2) is 14.4 Å². The van der Waals surface area contributed by atoms with Gasteiger partial charge in [0.15, 0.2) is 5.82 Å². The minimum Gasteiger partial charge on any atom is -0.246 e. The molecular weight excluding hydrogens is 227 g/mol. The van der Waals surface area contributed by atoms with Crippen LogP contribution in [0.3, 0.4) is 0 Å². The van der Waals surface area contributed by atoms with Gasteiger partial charge in [0.1, 0.15) is 11.8 Å². The number of nitrogens with zero attached hydrogens (tertiary/aromatic N) is 2. The van der Waals surface area contributed by atoms with E-state index in [2.05, 4.69) is 9.97 Å². The van der Waals surface area contributed by atoms with Crippen molar-refractivity contribution in [1.82, 2.24) is 9.97 Å². The van der Waals surface area contributed by atoms with Crippen LogP contribution in [0.4, 0.5) is 4.39 Å². The summed E-state index contributed by atoms with van der Waals surface area (Å²) in [6, 6.07) is 8.79. The molecule has 2 nitrogen and oxygen atoms in total. The van der Waals surface area contributed by atoms with Crippen LogP contribution in [0.5, 0.6) is 0 Å². The standard InChI is InChI=1S/C12H10ClFN2/c1-8-6-11(13)16-12(15-8)10-5-3-2-4-9(10)7-14/h2-6H,7H2,1H3. The van der Waals surface area contributed by atoms with Crippen LogP contribution < -0.4 is 0 Å². The van der Waals surface area contributed by atoms with E-state index in [0.29, 0.717) is 22.1 Å². The molecule has 0 N–H and O–H groups in total. The van der Waals surface area contributed by atoms with Crippen LogP contribution >= 0.6 is 11.6 Å². The first-order valence-corrected chi connectivity index (χ1v) is 5.24. The highest BCUT2D eigenvalue weighted by Crippen LogP contribution is 2.22. The monoisotopic (exact) mass is 236 g/mol. The molecule has 0 aliphatic heterocycles. The molecule has 2 aromatic rings. The summed E-state index contributed by atoms with van der Waals surface area (Å²) in [6.07, 6.45) is 0. The summed E-state index contributed by atoms with van der Waals surface area (Å²) in [7, 11) is 0. The van der Waals surface area contributed by atoms with Gasteiger partial charge in [0, 0.05) is 11.3 Å². The molecule has 0 saturated heterocycles. The van der Waals surface area contributed by atoms with Gasteiger partial charge in [-0.3, -0.25) is 0 Å². The third kappa shape index (κ3) is 2.19. The lowest BCUT2D eigenvalue weighted by Crippen LogP contribution is -1.95. The zero-order valence-electron chi connectivity index (χ0n) is 8.74. The van der Waals surface area contributed by atoms with Crippen LogP contribution in [0, 0.1) is 6.92 Å². The molecule has 1 heterocycles. The Balaban J connectivity index is 2.58. The Morgan fingerprint density at radius 1 is 1.25 bits per heavy atom. The summed E-state index contributed by atoms with van der Waals surface area (Å²) in [4.78, 5) is 8.35. The highest BCUT2D eigenvalue weighted by molar-refractivity contribution is 6.29. The Kier molecular flexibility index (Phi) is 3.15. The fourth-order valence-electron chi connectivity index (χ4n) is 1.51. The molecule has 1 aromatic heterocycles. The summed E-state index contributed by atoms with van der Waals surface area (Å²) in [5.41, 5.74) is 2.03. The number of hydrogen-bond acceptors (Lipinski definition) is 2. The first kappa shape index (κ1) is 11.0. The van der Waals surface area contributed by atoms with E-state index in [1.165, 1.54) is 0 Å². The van der Waals surface area contributed by atoms with Crippen molar-refractivity contribution < 1.29 is 4.39 Å². The molecule has 2 rings (SSSR count). The van der Waals surface area contributed by atoms with Crippen molar-refractivity contribution in [3.8, 4) is 11.4 Å². The fraction of sp³-hybridized carbons (Fsp3) is 0.167. The Morgan fingerprint density at radius 2 is 2.00 bits per heavy atom. The van der Waals surface area contributed by atoms with Crippen molar-refractivity contribution in [2.24, 2.45) is 0 Å². The lowest BCUT2D eigenvalue weighted by molar-refractivity contribution is 0.486. The molecule has 4 heteroatoms. The predicted molar refractivity (Wildman–Crippen MR) is 62.0 cm³/mol. The second-order valence-corrected chi connectivity index (χ2v) is 3.83. The van der Waals surface area contributed by atoms with Gasteiger partial charge in [0.25, 0.3) is 0 Å². The molecule has 0 saturated carbocycles. The third-order valence-corrected chi connectivity index (χ3v) is 2.42. The largest absolute Gasteiger partial charge is 0.246 e. The second-order valence-electron chi connectivity index (χ2n) is 3.45. The van der Waals surface area contributed by atoms with Crippen LogP contribution in [-0.4, -0.2) is 9.97 Å². The van der Waals surface area contributed by atoms with Crippen LogP contribution in [0.25, 0.3) is 11.4 Å². The van der Waals surface area contributed by atoms with Crippen molar-refractivity contribution >= 4 is 11.6 Å². The van der Waals surface area contributed by atoms with Crippen molar-refractivity contribution in [2.75, 3.05) is 0 Å². The molecule has 16 heavy (non-hydrogen) atoms. The average molecular weight is 237 g/mol. The number of hydrogen-bond donors (Lipinski definition) is 0. The Bertz CT molecular complexity index is 494.